The fourth-order valence-corrected chi connectivity index (χ4v) is 6.15. The van der Waals surface area contributed by atoms with Crippen molar-refractivity contribution in [1.82, 2.24) is 0 Å². The van der Waals surface area contributed by atoms with Crippen LogP contribution in [0, 0.1) is 11.3 Å². The Morgan fingerprint density at radius 3 is 1.50 bits per heavy atom. The van der Waals surface area contributed by atoms with Crippen molar-refractivity contribution in [3.05, 3.63) is 119 Å². The number of epoxide rings is 3. The van der Waals surface area contributed by atoms with Gasteiger partial charge >= 0.3 is 17.9 Å². The minimum absolute atomic E-state index is 0.00810. The third-order valence-corrected chi connectivity index (χ3v) is 10.4. The topological polar surface area (TPSA) is 116 Å². The van der Waals surface area contributed by atoms with Crippen molar-refractivity contribution in [3.63, 3.8) is 0 Å². The highest BCUT2D eigenvalue weighted by Crippen LogP contribution is 2.45. The van der Waals surface area contributed by atoms with Gasteiger partial charge in [0.25, 0.3) is 0 Å². The number of hydrogen-bond acceptors (Lipinski definition) is 9. The molecule has 0 spiro atoms. The van der Waals surface area contributed by atoms with Crippen LogP contribution in [0.3, 0.4) is 0 Å². The molecule has 1 aliphatic carbocycles. The zero-order chi connectivity index (χ0) is 35.5. The van der Waals surface area contributed by atoms with E-state index < -0.39 is 17.4 Å². The molecule has 3 heterocycles. The lowest BCUT2D eigenvalue weighted by molar-refractivity contribution is -0.139. The van der Waals surface area contributed by atoms with Crippen LogP contribution < -0.4 is 0 Å². The first-order valence-corrected chi connectivity index (χ1v) is 17.3. The Balaban J connectivity index is 1.14. The molecule has 0 amide bonds. The zero-order valence-corrected chi connectivity index (χ0v) is 29.1. The number of hydrogen-bond donors (Lipinski definition) is 0. The maximum absolute atomic E-state index is 12.7. The van der Waals surface area contributed by atoms with Crippen molar-refractivity contribution >= 4 is 17.9 Å². The van der Waals surface area contributed by atoms with Crippen LogP contribution in [-0.2, 0) is 38.6 Å². The van der Waals surface area contributed by atoms with Crippen molar-refractivity contribution in [3.8, 4) is 0 Å². The zero-order valence-electron chi connectivity index (χ0n) is 29.1. The van der Waals surface area contributed by atoms with Crippen molar-refractivity contribution in [1.29, 1.82) is 0 Å². The molecule has 0 N–H and O–H groups in total. The summed E-state index contributed by atoms with van der Waals surface area (Å²) in [5, 5.41) is 0. The molecule has 3 fully saturated rings. The lowest BCUT2D eigenvalue weighted by Gasteiger charge is -2.37. The second-order valence-electron chi connectivity index (χ2n) is 14.2. The molecule has 3 saturated heterocycles. The van der Waals surface area contributed by atoms with E-state index in [1.165, 1.54) is 0 Å². The van der Waals surface area contributed by atoms with Crippen molar-refractivity contribution in [2.75, 3.05) is 39.6 Å². The van der Waals surface area contributed by atoms with Crippen LogP contribution in [0.25, 0.3) is 0 Å². The number of esters is 3. The molecular formula is C41H46O9. The van der Waals surface area contributed by atoms with E-state index in [4.69, 9.17) is 28.4 Å². The van der Waals surface area contributed by atoms with E-state index in [0.29, 0.717) is 62.4 Å². The third kappa shape index (κ3) is 8.52. The highest BCUT2D eigenvalue weighted by Gasteiger charge is 2.36. The first-order valence-electron chi connectivity index (χ1n) is 17.3. The van der Waals surface area contributed by atoms with Gasteiger partial charge in [-0.1, -0.05) is 80.6 Å². The maximum Gasteiger partial charge on any atom is 0.338 e. The van der Waals surface area contributed by atoms with Gasteiger partial charge in [0, 0.05) is 5.41 Å². The largest absolute Gasteiger partial charge is 0.459 e. The van der Waals surface area contributed by atoms with Gasteiger partial charge in [0.05, 0.1) is 36.5 Å². The Morgan fingerprint density at radius 2 is 1.10 bits per heavy atom. The number of ether oxygens (including phenoxy) is 6. The molecule has 4 unspecified atom stereocenters. The second kappa shape index (κ2) is 14.9. The maximum atomic E-state index is 12.7. The molecule has 0 bridgehead atoms. The molecule has 9 heteroatoms. The monoisotopic (exact) mass is 682 g/mol. The van der Waals surface area contributed by atoms with E-state index in [1.807, 2.05) is 36.4 Å². The Bertz CT molecular complexity index is 1600. The molecule has 6 rings (SSSR count). The van der Waals surface area contributed by atoms with Gasteiger partial charge in [0.15, 0.2) is 0 Å². The lowest BCUT2D eigenvalue weighted by atomic mass is 9.66. The van der Waals surface area contributed by atoms with Crippen LogP contribution in [0.2, 0.25) is 0 Å². The van der Waals surface area contributed by atoms with Gasteiger partial charge in [0.2, 0.25) is 0 Å². The van der Waals surface area contributed by atoms with Crippen LogP contribution in [0.1, 0.15) is 71.9 Å². The number of allylic oxidation sites excluding steroid dienone is 4. The van der Waals surface area contributed by atoms with Gasteiger partial charge in [0.1, 0.15) is 38.1 Å². The van der Waals surface area contributed by atoms with Crippen LogP contribution in [0.15, 0.2) is 96.6 Å². The summed E-state index contributed by atoms with van der Waals surface area (Å²) in [5.74, 6) is -0.948. The van der Waals surface area contributed by atoms with Crippen molar-refractivity contribution in [2.45, 2.75) is 63.8 Å². The average Bonchev–Trinajstić information content (AvgIpc) is 3.98. The fourth-order valence-electron chi connectivity index (χ4n) is 6.15. The van der Waals surface area contributed by atoms with Crippen molar-refractivity contribution < 1.29 is 42.8 Å². The van der Waals surface area contributed by atoms with Crippen LogP contribution in [0.5, 0.6) is 0 Å². The van der Waals surface area contributed by atoms with E-state index in [9.17, 15) is 14.4 Å². The first-order chi connectivity index (χ1) is 23.9. The Hall–Kier alpha value is -4.31. The summed E-state index contributed by atoms with van der Waals surface area (Å²) < 4.78 is 31.6. The molecule has 0 radical (unpaired) electrons. The molecule has 50 heavy (non-hydrogen) atoms. The van der Waals surface area contributed by atoms with E-state index in [2.05, 4.69) is 40.0 Å². The highest BCUT2D eigenvalue weighted by atomic mass is 16.6. The molecule has 0 saturated carbocycles. The molecular weight excluding hydrogens is 636 g/mol. The molecule has 3 aliphatic heterocycles. The Kier molecular flexibility index (Phi) is 10.6. The fraction of sp³-hybridized carbons (Fsp3) is 0.439. The van der Waals surface area contributed by atoms with Gasteiger partial charge in [-0.15, -0.1) is 0 Å². The molecule has 9 nitrogen and oxygen atoms in total. The molecule has 2 aromatic carbocycles. The molecule has 4 atom stereocenters. The summed E-state index contributed by atoms with van der Waals surface area (Å²) in [7, 11) is 0. The number of benzene rings is 2. The summed E-state index contributed by atoms with van der Waals surface area (Å²) >= 11 is 0. The van der Waals surface area contributed by atoms with Crippen LogP contribution in [-0.4, -0.2) is 75.9 Å². The molecule has 0 aromatic heterocycles. The summed E-state index contributed by atoms with van der Waals surface area (Å²) in [4.78, 5) is 37.8. The van der Waals surface area contributed by atoms with Gasteiger partial charge < -0.3 is 28.4 Å². The van der Waals surface area contributed by atoms with E-state index in [1.54, 1.807) is 24.3 Å². The van der Waals surface area contributed by atoms with Gasteiger partial charge in [-0.25, -0.2) is 14.4 Å². The van der Waals surface area contributed by atoms with Crippen LogP contribution in [0.4, 0.5) is 0 Å². The molecule has 264 valence electrons. The molecule has 4 aliphatic rings. The standard InChI is InChI=1S/C41H46O9/c1-26(40(3,4)31-14-8-28(9-15-31)37(42)48-23-34-20-45-34)6-7-27(2)41(5,32-16-10-29(11-17-32)38(43)49-24-35-21-46-35)33-18-12-30(13-19-33)39(44)50-25-36-22-47-36/h8-14,16-19,31,34-36H,1-2,6-7,15,20-25H2,3-5H3. The SMILES string of the molecule is C=C(CCC(=C)C(C)(C)C1C=CC(C(=O)OCC2CO2)=CC1)C(C)(c1ccc(C(=O)OCC2CO2)cc1)c1ccc(C(=O)OCC2CO2)cc1. The third-order valence-electron chi connectivity index (χ3n) is 10.4. The second-order valence-corrected chi connectivity index (χ2v) is 14.2. The number of carbonyl (C=O) groups excluding carboxylic acids is 3. The summed E-state index contributed by atoms with van der Waals surface area (Å²) in [6.45, 7) is 18.3. The average molecular weight is 683 g/mol. The lowest BCUT2D eigenvalue weighted by Crippen LogP contribution is -2.28. The van der Waals surface area contributed by atoms with Gasteiger partial charge in [-0.05, 0) is 72.9 Å². The minimum Gasteiger partial charge on any atom is -0.459 e. The summed E-state index contributed by atoms with van der Waals surface area (Å²) in [5.41, 5.74) is 4.51. The van der Waals surface area contributed by atoms with Crippen molar-refractivity contribution in [2.24, 2.45) is 11.3 Å². The summed E-state index contributed by atoms with van der Waals surface area (Å²) in [6, 6.07) is 14.8. The molecule has 2 aromatic rings. The predicted molar refractivity (Wildman–Crippen MR) is 187 cm³/mol. The predicted octanol–water partition coefficient (Wildman–Crippen LogP) is 6.47. The van der Waals surface area contributed by atoms with Crippen LogP contribution >= 0.6 is 0 Å². The Labute approximate surface area is 293 Å². The number of carbonyl (C=O) groups is 3. The normalized spacial score (nSPS) is 23.1. The van der Waals surface area contributed by atoms with E-state index in [-0.39, 0.29) is 48.8 Å². The van der Waals surface area contributed by atoms with Gasteiger partial charge in [-0.3, -0.25) is 0 Å². The minimum atomic E-state index is -0.659. The number of rotatable bonds is 17. The van der Waals surface area contributed by atoms with E-state index in [0.717, 1.165) is 22.3 Å². The van der Waals surface area contributed by atoms with Gasteiger partial charge in [-0.2, -0.15) is 0 Å². The van der Waals surface area contributed by atoms with E-state index >= 15 is 0 Å². The Morgan fingerprint density at radius 1 is 0.680 bits per heavy atom. The highest BCUT2D eigenvalue weighted by molar-refractivity contribution is 5.92. The quantitative estimate of drug-likeness (QED) is 0.0802. The summed E-state index contributed by atoms with van der Waals surface area (Å²) in [6.07, 6.45) is 7.97. The first kappa shape index (κ1) is 35.5. The smallest absolute Gasteiger partial charge is 0.338 e.